The summed E-state index contributed by atoms with van der Waals surface area (Å²) in [7, 11) is 0. The van der Waals surface area contributed by atoms with Gasteiger partial charge in [-0.1, -0.05) is 36.3 Å². The van der Waals surface area contributed by atoms with Crippen LogP contribution in [0.4, 0.5) is 5.95 Å². The van der Waals surface area contributed by atoms with E-state index in [1.54, 1.807) is 0 Å². The van der Waals surface area contributed by atoms with E-state index in [2.05, 4.69) is 26.1 Å². The van der Waals surface area contributed by atoms with Crippen LogP contribution in [0, 0.1) is 12.3 Å². The summed E-state index contributed by atoms with van der Waals surface area (Å²) in [6.07, 6.45) is 6.86. The number of anilines is 1. The van der Waals surface area contributed by atoms with Crippen LogP contribution in [0.2, 0.25) is 0 Å². The van der Waals surface area contributed by atoms with Crippen molar-refractivity contribution in [2.45, 2.75) is 13.1 Å². The van der Waals surface area contributed by atoms with Crippen LogP contribution >= 0.6 is 0 Å². The molecule has 0 radical (unpaired) electrons. The SMILES string of the molecule is C#CCn1cnc2nc(N3CCNCC3)n(Cc3ccccc3)c2c1=O. The van der Waals surface area contributed by atoms with Crippen molar-refractivity contribution in [2.75, 3.05) is 31.1 Å². The Hall–Kier alpha value is -3.11. The van der Waals surface area contributed by atoms with Gasteiger partial charge in [-0.3, -0.25) is 13.9 Å². The maximum Gasteiger partial charge on any atom is 0.280 e. The molecule has 0 saturated carbocycles. The number of hydrogen-bond donors (Lipinski definition) is 1. The molecule has 7 nitrogen and oxygen atoms in total. The first-order valence-corrected chi connectivity index (χ1v) is 8.66. The fourth-order valence-electron chi connectivity index (χ4n) is 3.28. The van der Waals surface area contributed by atoms with Gasteiger partial charge in [-0.2, -0.15) is 4.98 Å². The van der Waals surface area contributed by atoms with Gasteiger partial charge in [0.2, 0.25) is 5.95 Å². The van der Waals surface area contributed by atoms with Gasteiger partial charge >= 0.3 is 0 Å². The molecule has 0 bridgehead atoms. The summed E-state index contributed by atoms with van der Waals surface area (Å²) in [6, 6.07) is 10.1. The van der Waals surface area contributed by atoms with Crippen molar-refractivity contribution in [3.05, 3.63) is 52.6 Å². The fraction of sp³-hybridized carbons (Fsp3) is 0.316. The predicted octanol–water partition coefficient (Wildman–Crippen LogP) is 0.684. The summed E-state index contributed by atoms with van der Waals surface area (Å²) in [5.74, 6) is 3.29. The van der Waals surface area contributed by atoms with E-state index in [0.29, 0.717) is 17.7 Å². The Kier molecular flexibility index (Phi) is 4.42. The lowest BCUT2D eigenvalue weighted by atomic mass is 10.2. The fourth-order valence-corrected chi connectivity index (χ4v) is 3.28. The van der Waals surface area contributed by atoms with Crippen LogP contribution in [0.3, 0.4) is 0 Å². The summed E-state index contributed by atoms with van der Waals surface area (Å²) in [5, 5.41) is 3.34. The van der Waals surface area contributed by atoms with Crippen LogP contribution in [-0.2, 0) is 13.1 Å². The molecule has 0 aliphatic carbocycles. The number of fused-ring (bicyclic) bond motifs is 1. The van der Waals surface area contributed by atoms with Crippen molar-refractivity contribution in [3.63, 3.8) is 0 Å². The molecular formula is C19H20N6O. The Morgan fingerprint density at radius 1 is 1.19 bits per heavy atom. The maximum atomic E-state index is 13.0. The van der Waals surface area contributed by atoms with Crippen LogP contribution in [0.25, 0.3) is 11.2 Å². The highest BCUT2D eigenvalue weighted by molar-refractivity contribution is 5.74. The third kappa shape index (κ3) is 2.95. The number of aromatic nitrogens is 4. The quantitative estimate of drug-likeness (QED) is 0.703. The van der Waals surface area contributed by atoms with E-state index < -0.39 is 0 Å². The van der Waals surface area contributed by atoms with Gasteiger partial charge in [-0.25, -0.2) is 4.98 Å². The normalized spacial score (nSPS) is 14.5. The Balaban J connectivity index is 1.89. The third-order valence-electron chi connectivity index (χ3n) is 4.56. The Morgan fingerprint density at radius 3 is 2.69 bits per heavy atom. The zero-order valence-corrected chi connectivity index (χ0v) is 14.4. The highest BCUT2D eigenvalue weighted by atomic mass is 16.1. The molecule has 3 aromatic rings. The largest absolute Gasteiger partial charge is 0.340 e. The van der Waals surface area contributed by atoms with Crippen LogP contribution in [0.1, 0.15) is 5.56 Å². The number of rotatable bonds is 4. The second-order valence-electron chi connectivity index (χ2n) is 6.27. The minimum Gasteiger partial charge on any atom is -0.340 e. The molecule has 0 atom stereocenters. The third-order valence-corrected chi connectivity index (χ3v) is 4.56. The monoisotopic (exact) mass is 348 g/mol. The molecule has 1 aromatic carbocycles. The van der Waals surface area contributed by atoms with Crippen LogP contribution in [0.15, 0.2) is 41.5 Å². The van der Waals surface area contributed by atoms with E-state index in [1.165, 1.54) is 10.9 Å². The van der Waals surface area contributed by atoms with Crippen LogP contribution in [-0.4, -0.2) is 45.3 Å². The Labute approximate surface area is 151 Å². The molecular weight excluding hydrogens is 328 g/mol. The number of benzene rings is 1. The molecule has 4 rings (SSSR count). The first-order valence-electron chi connectivity index (χ1n) is 8.66. The molecule has 1 aliphatic heterocycles. The number of hydrogen-bond acceptors (Lipinski definition) is 5. The summed E-state index contributed by atoms with van der Waals surface area (Å²) in [4.78, 5) is 24.2. The van der Waals surface area contributed by atoms with Crippen LogP contribution < -0.4 is 15.8 Å². The smallest absolute Gasteiger partial charge is 0.280 e. The Bertz CT molecular complexity index is 1010. The molecule has 26 heavy (non-hydrogen) atoms. The zero-order valence-electron chi connectivity index (χ0n) is 14.4. The second kappa shape index (κ2) is 7.02. The summed E-state index contributed by atoms with van der Waals surface area (Å²) in [6.45, 7) is 4.23. The van der Waals surface area contributed by atoms with Gasteiger partial charge in [0.25, 0.3) is 5.56 Å². The van der Waals surface area contributed by atoms with Gasteiger partial charge in [0.05, 0.1) is 13.1 Å². The van der Waals surface area contributed by atoms with Crippen molar-refractivity contribution >= 4 is 17.1 Å². The predicted molar refractivity (Wildman–Crippen MR) is 101 cm³/mol. The highest BCUT2D eigenvalue weighted by Crippen LogP contribution is 2.21. The minimum atomic E-state index is -0.155. The highest BCUT2D eigenvalue weighted by Gasteiger charge is 2.22. The molecule has 3 heterocycles. The second-order valence-corrected chi connectivity index (χ2v) is 6.27. The number of terminal acetylenes is 1. The van der Waals surface area contributed by atoms with Gasteiger partial charge < -0.3 is 10.2 Å². The topological polar surface area (TPSA) is 68.0 Å². The van der Waals surface area contributed by atoms with E-state index >= 15 is 0 Å². The van der Waals surface area contributed by atoms with E-state index in [4.69, 9.17) is 6.42 Å². The lowest BCUT2D eigenvalue weighted by Crippen LogP contribution is -2.44. The number of nitrogens with zero attached hydrogens (tertiary/aromatic N) is 5. The lowest BCUT2D eigenvalue weighted by molar-refractivity contribution is 0.571. The molecule has 0 spiro atoms. The van der Waals surface area contributed by atoms with E-state index in [-0.39, 0.29) is 12.1 Å². The molecule has 0 amide bonds. The first-order chi connectivity index (χ1) is 12.8. The summed E-state index contributed by atoms with van der Waals surface area (Å²) in [5.41, 5.74) is 1.92. The first kappa shape index (κ1) is 16.4. The van der Waals surface area contributed by atoms with Crippen LogP contribution in [0.5, 0.6) is 0 Å². The molecule has 2 aromatic heterocycles. The standard InChI is InChI=1S/C19H20N6O/c1-2-10-24-14-21-17-16(18(24)26)25(13-15-6-4-3-5-7-15)19(22-17)23-11-8-20-9-12-23/h1,3-7,14,20H,8-13H2. The van der Waals surface area contributed by atoms with Gasteiger partial charge in [-0.05, 0) is 5.56 Å². The maximum absolute atomic E-state index is 13.0. The summed E-state index contributed by atoms with van der Waals surface area (Å²) >= 11 is 0. The number of imidazole rings is 1. The molecule has 1 N–H and O–H groups in total. The molecule has 7 heteroatoms. The van der Waals surface area contributed by atoms with Crippen molar-refractivity contribution in [1.82, 2.24) is 24.4 Å². The van der Waals surface area contributed by atoms with Gasteiger partial charge in [-0.15, -0.1) is 6.42 Å². The van der Waals surface area contributed by atoms with E-state index in [1.807, 2.05) is 34.9 Å². The van der Waals surface area contributed by atoms with Crippen molar-refractivity contribution in [2.24, 2.45) is 0 Å². The van der Waals surface area contributed by atoms with Gasteiger partial charge in [0.15, 0.2) is 11.2 Å². The average molecular weight is 348 g/mol. The lowest BCUT2D eigenvalue weighted by Gasteiger charge is -2.28. The van der Waals surface area contributed by atoms with E-state index in [0.717, 1.165) is 37.7 Å². The summed E-state index contributed by atoms with van der Waals surface area (Å²) < 4.78 is 3.42. The van der Waals surface area contributed by atoms with Gasteiger partial charge in [0.1, 0.15) is 6.33 Å². The average Bonchev–Trinajstić information content (AvgIpc) is 3.05. The van der Waals surface area contributed by atoms with Gasteiger partial charge in [0, 0.05) is 26.2 Å². The number of piperazine rings is 1. The number of nitrogens with one attached hydrogen (secondary N) is 1. The molecule has 132 valence electrons. The zero-order chi connectivity index (χ0) is 17.9. The van der Waals surface area contributed by atoms with Crippen molar-refractivity contribution in [1.29, 1.82) is 0 Å². The molecule has 1 saturated heterocycles. The van der Waals surface area contributed by atoms with E-state index in [9.17, 15) is 4.79 Å². The van der Waals surface area contributed by atoms with Crippen molar-refractivity contribution < 1.29 is 0 Å². The molecule has 0 unspecified atom stereocenters. The Morgan fingerprint density at radius 2 is 1.96 bits per heavy atom. The van der Waals surface area contributed by atoms with Crippen molar-refractivity contribution in [3.8, 4) is 12.3 Å². The minimum absolute atomic E-state index is 0.155. The molecule has 1 fully saturated rings. The molecule has 1 aliphatic rings.